The van der Waals surface area contributed by atoms with Gasteiger partial charge in [0.25, 0.3) is 5.91 Å². The van der Waals surface area contributed by atoms with Gasteiger partial charge in [-0.2, -0.15) is 0 Å². The minimum absolute atomic E-state index is 0.0109. The summed E-state index contributed by atoms with van der Waals surface area (Å²) in [6.45, 7) is 1.82. The van der Waals surface area contributed by atoms with Crippen LogP contribution in [0.15, 0.2) is 36.7 Å². The largest absolute Gasteiger partial charge is 0.356 e. The van der Waals surface area contributed by atoms with Crippen LogP contribution in [0.1, 0.15) is 23.3 Å². The summed E-state index contributed by atoms with van der Waals surface area (Å²) in [6, 6.07) is 7.86. The van der Waals surface area contributed by atoms with E-state index in [2.05, 4.69) is 14.9 Å². The van der Waals surface area contributed by atoms with Gasteiger partial charge in [0.2, 0.25) is 0 Å². The van der Waals surface area contributed by atoms with E-state index >= 15 is 0 Å². The predicted octanol–water partition coefficient (Wildman–Crippen LogP) is 2.80. The van der Waals surface area contributed by atoms with Gasteiger partial charge in [0.05, 0.1) is 5.02 Å². The van der Waals surface area contributed by atoms with E-state index in [0.29, 0.717) is 10.7 Å². The number of halogens is 1. The highest BCUT2D eigenvalue weighted by molar-refractivity contribution is 6.30. The van der Waals surface area contributed by atoms with Crippen molar-refractivity contribution in [3.63, 3.8) is 0 Å². The maximum absolute atomic E-state index is 12.4. The average Bonchev–Trinajstić information content (AvgIpc) is 3.01. The Morgan fingerprint density at radius 2 is 2.18 bits per heavy atom. The zero-order chi connectivity index (χ0) is 15.5. The molecule has 1 aliphatic heterocycles. The van der Waals surface area contributed by atoms with E-state index in [1.165, 1.54) is 0 Å². The summed E-state index contributed by atoms with van der Waals surface area (Å²) in [7, 11) is 1.86. The lowest BCUT2D eigenvalue weighted by Crippen LogP contribution is -2.46. The van der Waals surface area contributed by atoms with Gasteiger partial charge in [-0.1, -0.05) is 17.7 Å². The molecule has 6 heteroatoms. The second-order valence-electron chi connectivity index (χ2n) is 5.55. The Kier molecular flexibility index (Phi) is 4.34. The fourth-order valence-corrected chi connectivity index (χ4v) is 3.03. The van der Waals surface area contributed by atoms with E-state index in [-0.39, 0.29) is 11.9 Å². The van der Waals surface area contributed by atoms with Crippen molar-refractivity contribution in [2.75, 3.05) is 25.0 Å². The Balaban J connectivity index is 1.60. The molecule has 22 heavy (non-hydrogen) atoms. The first-order valence-electron chi connectivity index (χ1n) is 7.42. The van der Waals surface area contributed by atoms with Crippen LogP contribution in [0.3, 0.4) is 0 Å². The number of piperidine rings is 1. The number of hydrogen-bond donors (Lipinski definition) is 1. The molecule has 5 nitrogen and oxygen atoms in total. The van der Waals surface area contributed by atoms with Crippen LogP contribution in [-0.4, -0.2) is 47.0 Å². The van der Waals surface area contributed by atoms with Crippen LogP contribution < -0.4 is 4.90 Å². The SMILES string of the molecule is CN(C(=O)c1cc(Cl)c[nH]1)C1CCN(c2ccccn2)CC1. The van der Waals surface area contributed by atoms with E-state index in [0.717, 1.165) is 31.7 Å². The normalized spacial score (nSPS) is 15.8. The van der Waals surface area contributed by atoms with Gasteiger partial charge < -0.3 is 14.8 Å². The molecule has 0 aliphatic carbocycles. The summed E-state index contributed by atoms with van der Waals surface area (Å²) >= 11 is 5.87. The quantitative estimate of drug-likeness (QED) is 0.946. The van der Waals surface area contributed by atoms with Crippen molar-refractivity contribution >= 4 is 23.3 Å². The monoisotopic (exact) mass is 318 g/mol. The number of carbonyl (C=O) groups is 1. The second-order valence-corrected chi connectivity index (χ2v) is 5.99. The maximum atomic E-state index is 12.4. The minimum atomic E-state index is -0.0109. The van der Waals surface area contributed by atoms with E-state index in [1.807, 2.05) is 36.3 Å². The molecule has 1 N–H and O–H groups in total. The zero-order valence-corrected chi connectivity index (χ0v) is 13.3. The van der Waals surface area contributed by atoms with Crippen molar-refractivity contribution in [2.45, 2.75) is 18.9 Å². The third-order valence-corrected chi connectivity index (χ3v) is 4.40. The highest BCUT2D eigenvalue weighted by atomic mass is 35.5. The van der Waals surface area contributed by atoms with E-state index in [4.69, 9.17) is 11.6 Å². The number of pyridine rings is 1. The molecule has 0 radical (unpaired) electrons. The molecule has 1 saturated heterocycles. The van der Waals surface area contributed by atoms with Gasteiger partial charge in [-0.05, 0) is 31.0 Å². The Bertz CT molecular complexity index is 635. The number of hydrogen-bond acceptors (Lipinski definition) is 3. The van der Waals surface area contributed by atoms with E-state index < -0.39 is 0 Å². The molecular formula is C16H19ClN4O. The highest BCUT2D eigenvalue weighted by Crippen LogP contribution is 2.21. The van der Waals surface area contributed by atoms with Crippen molar-refractivity contribution in [1.29, 1.82) is 0 Å². The Labute approximate surface area is 134 Å². The summed E-state index contributed by atoms with van der Waals surface area (Å²) < 4.78 is 0. The Hall–Kier alpha value is -2.01. The molecule has 0 unspecified atom stereocenters. The van der Waals surface area contributed by atoms with Gasteiger partial charge in [-0.3, -0.25) is 4.79 Å². The lowest BCUT2D eigenvalue weighted by atomic mass is 10.0. The van der Waals surface area contributed by atoms with Crippen molar-refractivity contribution in [1.82, 2.24) is 14.9 Å². The van der Waals surface area contributed by atoms with Crippen LogP contribution in [0.5, 0.6) is 0 Å². The van der Waals surface area contributed by atoms with Crippen molar-refractivity contribution in [2.24, 2.45) is 0 Å². The summed E-state index contributed by atoms with van der Waals surface area (Å²) in [5.41, 5.74) is 0.541. The maximum Gasteiger partial charge on any atom is 0.270 e. The van der Waals surface area contributed by atoms with Crippen LogP contribution in [0, 0.1) is 0 Å². The smallest absolute Gasteiger partial charge is 0.270 e. The van der Waals surface area contributed by atoms with Gasteiger partial charge in [0, 0.05) is 38.6 Å². The third-order valence-electron chi connectivity index (χ3n) is 4.18. The van der Waals surface area contributed by atoms with Crippen molar-refractivity contribution < 1.29 is 4.79 Å². The number of aromatic amines is 1. The molecule has 3 rings (SSSR count). The lowest BCUT2D eigenvalue weighted by Gasteiger charge is -2.37. The van der Waals surface area contributed by atoms with Gasteiger partial charge in [-0.15, -0.1) is 0 Å². The fraction of sp³-hybridized carbons (Fsp3) is 0.375. The number of H-pyrrole nitrogens is 1. The number of aromatic nitrogens is 2. The summed E-state index contributed by atoms with van der Waals surface area (Å²) in [6.07, 6.45) is 5.32. The standard InChI is InChI=1S/C16H19ClN4O/c1-20(16(22)14-10-12(17)11-19-14)13-5-8-21(9-6-13)15-4-2-3-7-18-15/h2-4,7,10-11,13,19H,5-6,8-9H2,1H3. The first-order chi connectivity index (χ1) is 10.6. The van der Waals surface area contributed by atoms with Gasteiger partial charge in [-0.25, -0.2) is 4.98 Å². The van der Waals surface area contributed by atoms with Crippen LogP contribution in [-0.2, 0) is 0 Å². The molecule has 116 valence electrons. The first-order valence-corrected chi connectivity index (χ1v) is 7.80. The highest BCUT2D eigenvalue weighted by Gasteiger charge is 2.26. The van der Waals surface area contributed by atoms with E-state index in [1.54, 1.807) is 12.3 Å². The molecule has 2 aromatic heterocycles. The van der Waals surface area contributed by atoms with Gasteiger partial charge >= 0.3 is 0 Å². The average molecular weight is 319 g/mol. The molecule has 1 fully saturated rings. The number of rotatable bonds is 3. The van der Waals surface area contributed by atoms with E-state index in [9.17, 15) is 4.79 Å². The Morgan fingerprint density at radius 3 is 2.77 bits per heavy atom. The summed E-state index contributed by atoms with van der Waals surface area (Å²) in [5, 5.41) is 0.557. The Morgan fingerprint density at radius 1 is 1.41 bits per heavy atom. The second kappa shape index (κ2) is 6.40. The molecule has 0 saturated carbocycles. The van der Waals surface area contributed by atoms with Crippen LogP contribution in [0.4, 0.5) is 5.82 Å². The molecule has 0 atom stereocenters. The first kappa shape index (κ1) is 14.9. The molecule has 0 aromatic carbocycles. The molecule has 0 spiro atoms. The van der Waals surface area contributed by atoms with Crippen molar-refractivity contribution in [3.05, 3.63) is 47.4 Å². The molecular weight excluding hydrogens is 300 g/mol. The van der Waals surface area contributed by atoms with Crippen molar-refractivity contribution in [3.8, 4) is 0 Å². The zero-order valence-electron chi connectivity index (χ0n) is 12.5. The molecule has 1 aliphatic rings. The number of carbonyl (C=O) groups excluding carboxylic acids is 1. The van der Waals surface area contributed by atoms with Gasteiger partial charge in [0.1, 0.15) is 11.5 Å². The number of anilines is 1. The third kappa shape index (κ3) is 3.09. The fourth-order valence-electron chi connectivity index (χ4n) is 2.87. The number of amides is 1. The molecule has 2 aromatic rings. The van der Waals surface area contributed by atoms with Gasteiger partial charge in [0.15, 0.2) is 0 Å². The summed E-state index contributed by atoms with van der Waals surface area (Å²) in [4.78, 5) is 23.8. The molecule has 1 amide bonds. The lowest BCUT2D eigenvalue weighted by molar-refractivity contribution is 0.0704. The predicted molar refractivity (Wildman–Crippen MR) is 87.4 cm³/mol. The number of nitrogens with one attached hydrogen (secondary N) is 1. The summed E-state index contributed by atoms with van der Waals surface area (Å²) in [5.74, 6) is 0.995. The molecule has 3 heterocycles. The van der Waals surface area contributed by atoms with Crippen LogP contribution in [0.25, 0.3) is 0 Å². The van der Waals surface area contributed by atoms with Crippen LogP contribution in [0.2, 0.25) is 5.02 Å². The van der Waals surface area contributed by atoms with Crippen LogP contribution >= 0.6 is 11.6 Å². The number of nitrogens with zero attached hydrogens (tertiary/aromatic N) is 3. The molecule has 0 bridgehead atoms. The topological polar surface area (TPSA) is 52.2 Å². The minimum Gasteiger partial charge on any atom is -0.356 e.